The molecule has 0 saturated carbocycles. The Morgan fingerprint density at radius 2 is 1.96 bits per heavy atom. The summed E-state index contributed by atoms with van der Waals surface area (Å²) in [6.07, 6.45) is 0.0414. The first kappa shape index (κ1) is 36.4. The van der Waals surface area contributed by atoms with Gasteiger partial charge in [-0.2, -0.15) is 10.2 Å². The number of aryl methyl sites for hydroxylation is 1. The highest BCUT2D eigenvalue weighted by molar-refractivity contribution is 7.52. The zero-order valence-corrected chi connectivity index (χ0v) is 28.9. The summed E-state index contributed by atoms with van der Waals surface area (Å²) >= 11 is 0. The van der Waals surface area contributed by atoms with Gasteiger partial charge in [-0.25, -0.2) is 14.1 Å². The minimum Gasteiger partial charge on any atom is -0.464 e. The van der Waals surface area contributed by atoms with Gasteiger partial charge in [0.15, 0.2) is 11.4 Å². The van der Waals surface area contributed by atoms with E-state index < -0.39 is 50.3 Å². The van der Waals surface area contributed by atoms with Crippen LogP contribution >= 0.6 is 7.75 Å². The Labute approximate surface area is 275 Å². The molecule has 2 aromatic heterocycles. The van der Waals surface area contributed by atoms with Crippen LogP contribution in [0.15, 0.2) is 41.7 Å². The monoisotopic (exact) mass is 674 g/mol. The van der Waals surface area contributed by atoms with E-state index in [4.69, 9.17) is 24.3 Å². The Kier molecular flexibility index (Phi) is 11.8. The number of nitrogens with one attached hydrogen (secondary N) is 1. The Balaban J connectivity index is 1.63. The van der Waals surface area contributed by atoms with Crippen LogP contribution < -0.4 is 15.3 Å². The number of rotatable bonds is 15. The molecule has 3 aromatic rings. The highest BCUT2D eigenvalue weighted by atomic mass is 31.2. The Morgan fingerprint density at radius 1 is 1.23 bits per heavy atom. The minimum atomic E-state index is -4.36. The Hall–Kier alpha value is -3.39. The third-order valence-corrected chi connectivity index (χ3v) is 10.1. The molecular weight excluding hydrogens is 627 g/mol. The number of ether oxygens (including phenoxy) is 2. The summed E-state index contributed by atoms with van der Waals surface area (Å²) in [6.45, 7) is 11.1. The number of aliphatic imine (C=N–C) groups is 1. The largest absolute Gasteiger partial charge is 0.464 e. The van der Waals surface area contributed by atoms with Gasteiger partial charge in [0.05, 0.1) is 18.9 Å². The number of aliphatic hydroxyl groups is 2. The van der Waals surface area contributed by atoms with Crippen LogP contribution in [-0.4, -0.2) is 81.6 Å². The smallest absolute Gasteiger partial charge is 0.459 e. The summed E-state index contributed by atoms with van der Waals surface area (Å²) in [5, 5.41) is 29.6. The molecule has 47 heavy (non-hydrogen) atoms. The van der Waals surface area contributed by atoms with E-state index in [0.717, 1.165) is 24.0 Å². The van der Waals surface area contributed by atoms with E-state index >= 15 is 0 Å². The molecule has 4 rings (SSSR count). The van der Waals surface area contributed by atoms with E-state index in [0.29, 0.717) is 17.0 Å². The van der Waals surface area contributed by atoms with Crippen LogP contribution in [-0.2, 0) is 29.0 Å². The number of hydrogen-bond donors (Lipinski definition) is 4. The first-order chi connectivity index (χ1) is 22.3. The first-order valence-corrected chi connectivity index (χ1v) is 17.4. The van der Waals surface area contributed by atoms with Crippen molar-refractivity contribution in [3.63, 3.8) is 0 Å². The quantitative estimate of drug-likeness (QED) is 0.103. The lowest BCUT2D eigenvalue weighted by atomic mass is 9.92. The molecule has 5 N–H and O–H groups in total. The number of nitrogens with zero attached hydrogens (tertiary/aromatic N) is 4. The van der Waals surface area contributed by atoms with Gasteiger partial charge in [0.1, 0.15) is 41.9 Å². The molecule has 0 bridgehead atoms. The highest BCUT2D eigenvalue weighted by Crippen LogP contribution is 2.49. The van der Waals surface area contributed by atoms with Crippen LogP contribution in [0.5, 0.6) is 5.75 Å². The van der Waals surface area contributed by atoms with Crippen LogP contribution in [0.25, 0.3) is 5.52 Å². The fourth-order valence-corrected chi connectivity index (χ4v) is 7.05. The standard InChI is InChI=1S/C32H47N6O8P/c1-8-22(9-2)15-43-31(41)21(6)37-47(42,46-25-14-20(5)10-11-23(25)19(3)4)44-16-26-28(39)29(40)32(45-26,17-34-7)27-13-12-24-30(33)35-18-36-38(24)27/h10-14,17-19,21-22,26,28-29,39-40H,8-9,15-16H2,1-7H3,(H,37,42)(H2,33,35,36)/t21-,26+,28+,29+,32-,47?/m0/s1. The number of anilines is 1. The van der Waals surface area contributed by atoms with Crippen molar-refractivity contribution in [3.05, 3.63) is 53.5 Å². The van der Waals surface area contributed by atoms with E-state index in [1.807, 2.05) is 46.8 Å². The van der Waals surface area contributed by atoms with Gasteiger partial charge in [0.2, 0.25) is 0 Å². The Morgan fingerprint density at radius 3 is 2.62 bits per heavy atom. The van der Waals surface area contributed by atoms with E-state index in [-0.39, 0.29) is 24.3 Å². The van der Waals surface area contributed by atoms with Gasteiger partial charge in [0.25, 0.3) is 0 Å². The molecule has 0 aliphatic carbocycles. The van der Waals surface area contributed by atoms with Crippen molar-refractivity contribution in [2.75, 3.05) is 26.0 Å². The third kappa shape index (κ3) is 7.85. The lowest BCUT2D eigenvalue weighted by Crippen LogP contribution is -2.43. The Bertz CT molecular complexity index is 1610. The van der Waals surface area contributed by atoms with Gasteiger partial charge in [-0.15, -0.1) is 0 Å². The molecular formula is C32H47N6O8P. The molecule has 1 aliphatic heterocycles. The van der Waals surface area contributed by atoms with Crippen molar-refractivity contribution in [2.24, 2.45) is 10.9 Å². The number of benzene rings is 1. The number of nitrogens with two attached hydrogens (primary N) is 1. The van der Waals surface area contributed by atoms with E-state index in [1.165, 1.54) is 31.0 Å². The van der Waals surface area contributed by atoms with Crippen LogP contribution in [0, 0.1) is 12.8 Å². The number of aliphatic hydroxyl groups excluding tert-OH is 2. The van der Waals surface area contributed by atoms with E-state index in [9.17, 15) is 19.6 Å². The molecule has 15 heteroatoms. The predicted octanol–water partition coefficient (Wildman–Crippen LogP) is 3.92. The van der Waals surface area contributed by atoms with Gasteiger partial charge < -0.3 is 29.9 Å². The number of carbonyl (C=O) groups is 1. The summed E-state index contributed by atoms with van der Waals surface area (Å²) in [4.78, 5) is 21.1. The summed E-state index contributed by atoms with van der Waals surface area (Å²) in [7, 11) is -2.86. The summed E-state index contributed by atoms with van der Waals surface area (Å²) in [5.74, 6) is 0.110. The number of carbonyl (C=O) groups excluding carboxylic acids is 1. The van der Waals surface area contributed by atoms with Crippen molar-refractivity contribution in [3.8, 4) is 5.75 Å². The number of hydrogen-bond acceptors (Lipinski definition) is 12. The molecule has 0 radical (unpaired) electrons. The fourth-order valence-electron chi connectivity index (χ4n) is 5.53. The van der Waals surface area contributed by atoms with Gasteiger partial charge in [-0.05, 0) is 55.0 Å². The van der Waals surface area contributed by atoms with Crippen molar-refractivity contribution < 1.29 is 38.1 Å². The average Bonchev–Trinajstić information content (AvgIpc) is 3.57. The zero-order chi connectivity index (χ0) is 34.5. The second-order valence-corrected chi connectivity index (χ2v) is 13.9. The van der Waals surface area contributed by atoms with E-state index in [1.54, 1.807) is 18.2 Å². The summed E-state index contributed by atoms with van der Waals surface area (Å²) in [6, 6.07) is 7.75. The first-order valence-electron chi connectivity index (χ1n) is 15.8. The van der Waals surface area contributed by atoms with Gasteiger partial charge >= 0.3 is 13.7 Å². The van der Waals surface area contributed by atoms with Crippen molar-refractivity contribution in [1.82, 2.24) is 19.7 Å². The van der Waals surface area contributed by atoms with Gasteiger partial charge in [0, 0.05) is 13.3 Å². The van der Waals surface area contributed by atoms with Gasteiger partial charge in [-0.1, -0.05) is 52.7 Å². The van der Waals surface area contributed by atoms with Crippen LogP contribution in [0.2, 0.25) is 0 Å². The van der Waals surface area contributed by atoms with Crippen LogP contribution in [0.4, 0.5) is 5.82 Å². The molecule has 14 nitrogen and oxygen atoms in total. The topological polar surface area (TPSA) is 192 Å². The van der Waals surface area contributed by atoms with Crippen molar-refractivity contribution >= 4 is 31.3 Å². The lowest BCUT2D eigenvalue weighted by Gasteiger charge is -2.28. The number of nitrogen functional groups attached to an aromatic ring is 1. The molecule has 1 saturated heterocycles. The molecule has 0 spiro atoms. The molecule has 1 unspecified atom stereocenters. The number of esters is 1. The maximum absolute atomic E-state index is 14.5. The molecule has 258 valence electrons. The zero-order valence-electron chi connectivity index (χ0n) is 28.0. The molecule has 1 aliphatic rings. The molecule has 1 aromatic carbocycles. The second kappa shape index (κ2) is 15.2. The summed E-state index contributed by atoms with van der Waals surface area (Å²) in [5.41, 5.74) is 6.76. The molecule has 0 amide bonds. The van der Waals surface area contributed by atoms with Crippen LogP contribution in [0.3, 0.4) is 0 Å². The third-order valence-electron chi connectivity index (χ3n) is 8.43. The normalized spacial score (nSPS) is 23.5. The fraction of sp³-hybridized carbons (Fsp3) is 0.562. The maximum atomic E-state index is 14.5. The molecule has 1 fully saturated rings. The predicted molar refractivity (Wildman–Crippen MR) is 177 cm³/mol. The number of aromatic nitrogens is 3. The van der Waals surface area contributed by atoms with E-state index in [2.05, 4.69) is 20.2 Å². The minimum absolute atomic E-state index is 0.0141. The highest BCUT2D eigenvalue weighted by Gasteiger charge is 2.56. The summed E-state index contributed by atoms with van der Waals surface area (Å²) < 4.78 is 39.7. The van der Waals surface area contributed by atoms with Crippen molar-refractivity contribution in [1.29, 1.82) is 0 Å². The molecule has 3 heterocycles. The second-order valence-electron chi connectivity index (χ2n) is 12.2. The SMILES string of the molecule is CCC(CC)COC(=O)[C@H](C)NP(=O)(OC[C@H]1O[C@@](C=NC)(c2ccc3c(N)ncnn23)[C@H](O)[C@@H]1O)Oc1cc(C)ccc1C(C)C. The lowest BCUT2D eigenvalue weighted by molar-refractivity contribution is -0.146. The van der Waals surface area contributed by atoms with Crippen molar-refractivity contribution in [2.45, 2.75) is 90.3 Å². The van der Waals surface area contributed by atoms with Crippen LogP contribution in [0.1, 0.15) is 70.2 Å². The van der Waals surface area contributed by atoms with Gasteiger partial charge in [-0.3, -0.25) is 14.3 Å². The maximum Gasteiger partial charge on any atom is 0.459 e. The molecule has 6 atom stereocenters. The number of fused-ring (bicyclic) bond motifs is 1. The average molecular weight is 675 g/mol.